The fraction of sp³-hybridized carbons (Fsp3) is 0.357. The predicted molar refractivity (Wildman–Crippen MR) is 78.9 cm³/mol. The van der Waals surface area contributed by atoms with Gasteiger partial charge in [-0.15, -0.1) is 6.42 Å². The van der Waals surface area contributed by atoms with E-state index in [0.717, 1.165) is 22.0 Å². The fourth-order valence-corrected chi connectivity index (χ4v) is 2.15. The van der Waals surface area contributed by atoms with Crippen molar-refractivity contribution < 1.29 is 4.79 Å². The van der Waals surface area contributed by atoms with E-state index in [9.17, 15) is 4.79 Å². The smallest absolute Gasteiger partial charge is 0.253 e. The standard InChI is InChI=1S/C14H16INO/c1-4-7-11(5-2)16-14(17)12-9-6-8-10(3)13(12)15/h2,6,8-9,11H,4,7H2,1,3H3,(H,16,17). The van der Waals surface area contributed by atoms with Crippen LogP contribution < -0.4 is 5.32 Å². The second kappa shape index (κ2) is 6.65. The summed E-state index contributed by atoms with van der Waals surface area (Å²) in [4.78, 5) is 12.1. The van der Waals surface area contributed by atoms with Gasteiger partial charge in [-0.25, -0.2) is 0 Å². The molecule has 0 aliphatic heterocycles. The van der Waals surface area contributed by atoms with Gasteiger partial charge in [0, 0.05) is 3.57 Å². The van der Waals surface area contributed by atoms with Crippen molar-refractivity contribution in [2.24, 2.45) is 0 Å². The first-order valence-corrected chi connectivity index (χ1v) is 6.70. The van der Waals surface area contributed by atoms with Crippen molar-refractivity contribution in [1.29, 1.82) is 0 Å². The maximum Gasteiger partial charge on any atom is 0.253 e. The van der Waals surface area contributed by atoms with Gasteiger partial charge >= 0.3 is 0 Å². The highest BCUT2D eigenvalue weighted by Crippen LogP contribution is 2.16. The summed E-state index contributed by atoms with van der Waals surface area (Å²) in [5.74, 6) is 2.51. The summed E-state index contributed by atoms with van der Waals surface area (Å²) < 4.78 is 0.981. The van der Waals surface area contributed by atoms with Crippen molar-refractivity contribution in [2.45, 2.75) is 32.7 Å². The van der Waals surface area contributed by atoms with Crippen LogP contribution in [0, 0.1) is 22.8 Å². The van der Waals surface area contributed by atoms with Crippen LogP contribution in [0.15, 0.2) is 18.2 Å². The summed E-state index contributed by atoms with van der Waals surface area (Å²) in [7, 11) is 0. The van der Waals surface area contributed by atoms with Gasteiger partial charge in [0.25, 0.3) is 5.91 Å². The number of rotatable bonds is 4. The molecule has 0 aliphatic rings. The summed E-state index contributed by atoms with van der Waals surface area (Å²) >= 11 is 2.19. The van der Waals surface area contributed by atoms with Gasteiger partial charge in [0.05, 0.1) is 11.6 Å². The molecule has 1 unspecified atom stereocenters. The highest BCUT2D eigenvalue weighted by molar-refractivity contribution is 14.1. The number of halogens is 1. The summed E-state index contributed by atoms with van der Waals surface area (Å²) in [5.41, 5.74) is 1.80. The van der Waals surface area contributed by atoms with E-state index in [1.165, 1.54) is 0 Å². The minimum Gasteiger partial charge on any atom is -0.338 e. The zero-order valence-electron chi connectivity index (χ0n) is 10.1. The van der Waals surface area contributed by atoms with Crippen LogP contribution in [0.1, 0.15) is 35.7 Å². The topological polar surface area (TPSA) is 29.1 Å². The molecule has 0 saturated carbocycles. The zero-order chi connectivity index (χ0) is 12.8. The lowest BCUT2D eigenvalue weighted by atomic mass is 10.1. The molecule has 1 N–H and O–H groups in total. The number of carbonyl (C=O) groups excluding carboxylic acids is 1. The lowest BCUT2D eigenvalue weighted by Gasteiger charge is -2.13. The number of terminal acetylenes is 1. The van der Waals surface area contributed by atoms with Gasteiger partial charge in [-0.05, 0) is 47.6 Å². The summed E-state index contributed by atoms with van der Waals surface area (Å²) in [5, 5.41) is 2.87. The molecule has 0 aliphatic carbocycles. The minimum atomic E-state index is -0.177. The molecule has 1 atom stereocenters. The van der Waals surface area contributed by atoms with E-state index in [2.05, 4.69) is 33.8 Å². The van der Waals surface area contributed by atoms with Crippen molar-refractivity contribution in [3.8, 4) is 12.3 Å². The van der Waals surface area contributed by atoms with Gasteiger partial charge in [0.2, 0.25) is 0 Å². The van der Waals surface area contributed by atoms with Crippen molar-refractivity contribution >= 4 is 28.5 Å². The Hall–Kier alpha value is -1.02. The number of hydrogen-bond donors (Lipinski definition) is 1. The Bertz CT molecular complexity index is 448. The quantitative estimate of drug-likeness (QED) is 0.662. The molecular formula is C14H16INO. The highest BCUT2D eigenvalue weighted by Gasteiger charge is 2.14. The van der Waals surface area contributed by atoms with Gasteiger partial charge in [-0.1, -0.05) is 31.4 Å². The Morgan fingerprint density at radius 1 is 1.59 bits per heavy atom. The molecule has 0 radical (unpaired) electrons. The zero-order valence-corrected chi connectivity index (χ0v) is 12.2. The van der Waals surface area contributed by atoms with Crippen LogP contribution in [0.2, 0.25) is 0 Å². The lowest BCUT2D eigenvalue weighted by molar-refractivity contribution is 0.0943. The van der Waals surface area contributed by atoms with Crippen molar-refractivity contribution in [2.75, 3.05) is 0 Å². The Morgan fingerprint density at radius 2 is 2.29 bits per heavy atom. The van der Waals surface area contributed by atoms with Crippen molar-refractivity contribution in [3.05, 3.63) is 32.9 Å². The third kappa shape index (κ3) is 3.74. The monoisotopic (exact) mass is 341 g/mol. The molecule has 1 aromatic rings. The lowest BCUT2D eigenvalue weighted by Crippen LogP contribution is -2.34. The largest absolute Gasteiger partial charge is 0.338 e. The molecule has 0 saturated heterocycles. The van der Waals surface area contributed by atoms with Crippen LogP contribution in [0.25, 0.3) is 0 Å². The molecule has 1 rings (SSSR count). The van der Waals surface area contributed by atoms with E-state index in [4.69, 9.17) is 6.42 Å². The van der Waals surface area contributed by atoms with Crippen LogP contribution in [0.4, 0.5) is 0 Å². The minimum absolute atomic E-state index is 0.0884. The van der Waals surface area contributed by atoms with E-state index in [-0.39, 0.29) is 11.9 Å². The van der Waals surface area contributed by atoms with Gasteiger partial charge in [0.1, 0.15) is 0 Å². The molecule has 0 bridgehead atoms. The average Bonchev–Trinajstić information content (AvgIpc) is 2.31. The van der Waals surface area contributed by atoms with Gasteiger partial charge in [-0.2, -0.15) is 0 Å². The average molecular weight is 341 g/mol. The van der Waals surface area contributed by atoms with Gasteiger partial charge < -0.3 is 5.32 Å². The number of hydrogen-bond acceptors (Lipinski definition) is 1. The van der Waals surface area contributed by atoms with Crippen LogP contribution in [-0.4, -0.2) is 11.9 Å². The molecule has 2 nitrogen and oxygen atoms in total. The number of amides is 1. The number of carbonyl (C=O) groups is 1. The molecule has 17 heavy (non-hydrogen) atoms. The highest BCUT2D eigenvalue weighted by atomic mass is 127. The normalized spacial score (nSPS) is 11.6. The van der Waals surface area contributed by atoms with Crippen LogP contribution in [-0.2, 0) is 0 Å². The Balaban J connectivity index is 2.83. The number of aryl methyl sites for hydroxylation is 1. The maximum atomic E-state index is 12.1. The molecule has 0 fully saturated rings. The number of nitrogens with one attached hydrogen (secondary N) is 1. The van der Waals surface area contributed by atoms with Crippen LogP contribution >= 0.6 is 22.6 Å². The second-order valence-electron chi connectivity index (χ2n) is 3.92. The van der Waals surface area contributed by atoms with E-state index >= 15 is 0 Å². The van der Waals surface area contributed by atoms with E-state index in [0.29, 0.717) is 5.56 Å². The van der Waals surface area contributed by atoms with E-state index < -0.39 is 0 Å². The van der Waals surface area contributed by atoms with Crippen molar-refractivity contribution in [3.63, 3.8) is 0 Å². The molecule has 0 aromatic heterocycles. The Kier molecular flexibility index (Phi) is 5.49. The molecule has 3 heteroatoms. The maximum absolute atomic E-state index is 12.1. The first kappa shape index (κ1) is 14.0. The third-order valence-corrected chi connectivity index (χ3v) is 3.95. The first-order chi connectivity index (χ1) is 8.10. The molecule has 1 amide bonds. The van der Waals surface area contributed by atoms with Crippen LogP contribution in [0.3, 0.4) is 0 Å². The molecule has 90 valence electrons. The molecule has 0 heterocycles. The van der Waals surface area contributed by atoms with Crippen molar-refractivity contribution in [1.82, 2.24) is 5.32 Å². The van der Waals surface area contributed by atoms with Gasteiger partial charge in [0.15, 0.2) is 0 Å². The van der Waals surface area contributed by atoms with E-state index in [1.807, 2.05) is 32.0 Å². The Labute approximate surface area is 116 Å². The molecule has 0 spiro atoms. The van der Waals surface area contributed by atoms with Crippen LogP contribution in [0.5, 0.6) is 0 Å². The predicted octanol–water partition coefficient (Wildman–Crippen LogP) is 3.13. The SMILES string of the molecule is C#CC(CCC)NC(=O)c1cccc(C)c1I. The Morgan fingerprint density at radius 3 is 2.88 bits per heavy atom. The number of benzene rings is 1. The summed E-state index contributed by atoms with van der Waals surface area (Å²) in [6.45, 7) is 4.04. The summed E-state index contributed by atoms with van der Waals surface area (Å²) in [6, 6.07) is 5.52. The first-order valence-electron chi connectivity index (χ1n) is 5.62. The summed E-state index contributed by atoms with van der Waals surface area (Å²) in [6.07, 6.45) is 7.16. The second-order valence-corrected chi connectivity index (χ2v) is 5.00. The van der Waals surface area contributed by atoms with E-state index in [1.54, 1.807) is 0 Å². The molecular weight excluding hydrogens is 325 g/mol. The van der Waals surface area contributed by atoms with Gasteiger partial charge in [-0.3, -0.25) is 4.79 Å². The fourth-order valence-electron chi connectivity index (χ4n) is 1.54. The molecule has 1 aromatic carbocycles. The third-order valence-electron chi connectivity index (χ3n) is 2.52.